The van der Waals surface area contributed by atoms with Crippen molar-refractivity contribution in [3.05, 3.63) is 22.7 Å². The summed E-state index contributed by atoms with van der Waals surface area (Å²) in [6.45, 7) is 2.83. The van der Waals surface area contributed by atoms with Crippen LogP contribution < -0.4 is 10.6 Å². The van der Waals surface area contributed by atoms with E-state index in [4.69, 9.17) is 4.52 Å². The number of nitrogens with one attached hydrogen (secondary N) is 2. The van der Waals surface area contributed by atoms with E-state index in [-0.39, 0.29) is 18.3 Å². The van der Waals surface area contributed by atoms with Crippen molar-refractivity contribution in [1.82, 2.24) is 20.8 Å². The molecule has 6 nitrogen and oxygen atoms in total. The molecule has 1 fully saturated rings. The van der Waals surface area contributed by atoms with E-state index >= 15 is 0 Å². The number of thiophene rings is 1. The highest BCUT2D eigenvalue weighted by Crippen LogP contribution is 2.19. The molecule has 126 valence electrons. The second-order valence-corrected chi connectivity index (χ2v) is 6.32. The van der Waals surface area contributed by atoms with Crippen LogP contribution in [0.1, 0.15) is 25.2 Å². The van der Waals surface area contributed by atoms with Gasteiger partial charge < -0.3 is 15.2 Å². The molecule has 0 saturated carbocycles. The fourth-order valence-corrected chi connectivity index (χ4v) is 3.16. The average molecular weight is 357 g/mol. The van der Waals surface area contributed by atoms with E-state index in [1.807, 2.05) is 16.8 Å². The van der Waals surface area contributed by atoms with Gasteiger partial charge in [-0.05, 0) is 43.3 Å². The molecule has 0 aromatic carbocycles. The van der Waals surface area contributed by atoms with Crippen molar-refractivity contribution in [2.45, 2.75) is 25.7 Å². The number of rotatable bonds is 6. The van der Waals surface area contributed by atoms with Crippen LogP contribution in [-0.2, 0) is 11.2 Å². The lowest BCUT2D eigenvalue weighted by Gasteiger charge is -2.22. The Morgan fingerprint density at radius 1 is 1.52 bits per heavy atom. The third kappa shape index (κ3) is 5.30. The molecule has 1 amide bonds. The van der Waals surface area contributed by atoms with Crippen LogP contribution in [0, 0.1) is 5.92 Å². The van der Waals surface area contributed by atoms with Gasteiger partial charge in [-0.25, -0.2) is 0 Å². The molecule has 3 rings (SSSR count). The third-order valence-electron chi connectivity index (χ3n) is 3.80. The van der Waals surface area contributed by atoms with E-state index in [9.17, 15) is 4.79 Å². The molecule has 1 saturated heterocycles. The SMILES string of the molecule is Cl.O=C(CCc1nc(-c2ccsc2)no1)NCC1CCCNC1. The smallest absolute Gasteiger partial charge is 0.227 e. The number of aryl methyl sites for hydroxylation is 1. The first kappa shape index (κ1) is 17.9. The number of nitrogens with zero attached hydrogens (tertiary/aromatic N) is 2. The summed E-state index contributed by atoms with van der Waals surface area (Å²) in [7, 11) is 0. The maximum atomic E-state index is 11.9. The molecule has 0 radical (unpaired) electrons. The van der Waals surface area contributed by atoms with Crippen LogP contribution in [0.4, 0.5) is 0 Å². The maximum Gasteiger partial charge on any atom is 0.227 e. The fraction of sp³-hybridized carbons (Fsp3) is 0.533. The molecule has 3 heterocycles. The highest BCUT2D eigenvalue weighted by Gasteiger charge is 2.15. The molecule has 1 atom stereocenters. The highest BCUT2D eigenvalue weighted by molar-refractivity contribution is 7.08. The molecule has 0 spiro atoms. The summed E-state index contributed by atoms with van der Waals surface area (Å²) < 4.78 is 5.19. The Kier molecular flexibility index (Phi) is 7.01. The number of aromatic nitrogens is 2. The average Bonchev–Trinajstić information content (AvgIpc) is 3.22. The first-order valence-electron chi connectivity index (χ1n) is 7.64. The first-order valence-corrected chi connectivity index (χ1v) is 8.58. The van der Waals surface area contributed by atoms with Gasteiger partial charge in [-0.2, -0.15) is 16.3 Å². The molecule has 1 aliphatic rings. The minimum atomic E-state index is 0. The lowest BCUT2D eigenvalue weighted by atomic mass is 10.00. The van der Waals surface area contributed by atoms with Crippen LogP contribution in [-0.4, -0.2) is 35.7 Å². The van der Waals surface area contributed by atoms with Gasteiger partial charge in [0.05, 0.1) is 0 Å². The van der Waals surface area contributed by atoms with Crippen molar-refractivity contribution in [3.8, 4) is 11.4 Å². The van der Waals surface area contributed by atoms with E-state index in [1.54, 1.807) is 11.3 Å². The summed E-state index contributed by atoms with van der Waals surface area (Å²) in [5.74, 6) is 1.69. The lowest BCUT2D eigenvalue weighted by molar-refractivity contribution is -0.121. The zero-order valence-electron chi connectivity index (χ0n) is 12.8. The molecule has 23 heavy (non-hydrogen) atoms. The Labute approximate surface area is 145 Å². The highest BCUT2D eigenvalue weighted by atomic mass is 35.5. The first-order chi connectivity index (χ1) is 10.8. The van der Waals surface area contributed by atoms with Gasteiger partial charge in [0.2, 0.25) is 17.6 Å². The minimum absolute atomic E-state index is 0. The second-order valence-electron chi connectivity index (χ2n) is 5.54. The topological polar surface area (TPSA) is 80.0 Å². The Morgan fingerprint density at radius 2 is 2.43 bits per heavy atom. The van der Waals surface area contributed by atoms with Crippen molar-refractivity contribution in [3.63, 3.8) is 0 Å². The van der Waals surface area contributed by atoms with Gasteiger partial charge in [0, 0.05) is 30.3 Å². The monoisotopic (exact) mass is 356 g/mol. The lowest BCUT2D eigenvalue weighted by Crippen LogP contribution is -2.38. The number of hydrogen-bond donors (Lipinski definition) is 2. The number of amides is 1. The summed E-state index contributed by atoms with van der Waals surface area (Å²) in [4.78, 5) is 16.2. The van der Waals surface area contributed by atoms with Gasteiger partial charge in [0.1, 0.15) is 0 Å². The quantitative estimate of drug-likeness (QED) is 0.830. The Bertz CT molecular complexity index is 596. The number of carbonyl (C=O) groups excluding carboxylic acids is 1. The zero-order valence-corrected chi connectivity index (χ0v) is 14.4. The maximum absolute atomic E-state index is 11.9. The molecule has 1 unspecified atom stereocenters. The summed E-state index contributed by atoms with van der Waals surface area (Å²) in [6, 6.07) is 1.95. The molecule has 2 N–H and O–H groups in total. The van der Waals surface area contributed by atoms with Crippen molar-refractivity contribution in [2.75, 3.05) is 19.6 Å². The van der Waals surface area contributed by atoms with E-state index in [0.29, 0.717) is 30.5 Å². The van der Waals surface area contributed by atoms with E-state index < -0.39 is 0 Å². The van der Waals surface area contributed by atoms with Crippen LogP contribution >= 0.6 is 23.7 Å². The Morgan fingerprint density at radius 3 is 3.17 bits per heavy atom. The molecule has 0 aliphatic carbocycles. The van der Waals surface area contributed by atoms with Gasteiger partial charge >= 0.3 is 0 Å². The van der Waals surface area contributed by atoms with Crippen LogP contribution in [0.3, 0.4) is 0 Å². The molecule has 2 aromatic rings. The van der Waals surface area contributed by atoms with Crippen LogP contribution in [0.15, 0.2) is 21.3 Å². The van der Waals surface area contributed by atoms with Gasteiger partial charge in [-0.3, -0.25) is 4.79 Å². The third-order valence-corrected chi connectivity index (χ3v) is 4.48. The van der Waals surface area contributed by atoms with Crippen LogP contribution in [0.2, 0.25) is 0 Å². The van der Waals surface area contributed by atoms with E-state index in [2.05, 4.69) is 20.8 Å². The number of piperidine rings is 1. The van der Waals surface area contributed by atoms with Gasteiger partial charge in [0.15, 0.2) is 0 Å². The minimum Gasteiger partial charge on any atom is -0.356 e. The molecular formula is C15H21ClN4O2S. The number of hydrogen-bond acceptors (Lipinski definition) is 6. The standard InChI is InChI=1S/C15H20N4O2S.ClH/c20-13(17-9-11-2-1-6-16-8-11)3-4-14-18-15(19-21-14)12-5-7-22-10-12;/h5,7,10-11,16H,1-4,6,8-9H2,(H,17,20);1H. The summed E-state index contributed by atoms with van der Waals surface area (Å²) in [5, 5.41) is 14.2. The van der Waals surface area contributed by atoms with Crippen LogP contribution in [0.5, 0.6) is 0 Å². The van der Waals surface area contributed by atoms with Crippen molar-refractivity contribution < 1.29 is 9.32 Å². The fourth-order valence-electron chi connectivity index (χ4n) is 2.53. The van der Waals surface area contributed by atoms with Crippen molar-refractivity contribution in [1.29, 1.82) is 0 Å². The summed E-state index contributed by atoms with van der Waals surface area (Å²) >= 11 is 1.59. The zero-order chi connectivity index (χ0) is 15.2. The predicted octanol–water partition coefficient (Wildman–Crippen LogP) is 2.27. The molecule has 2 aromatic heterocycles. The van der Waals surface area contributed by atoms with Gasteiger partial charge in [-0.15, -0.1) is 12.4 Å². The van der Waals surface area contributed by atoms with Gasteiger partial charge in [0.25, 0.3) is 0 Å². The van der Waals surface area contributed by atoms with E-state index in [1.165, 1.54) is 12.8 Å². The largest absolute Gasteiger partial charge is 0.356 e. The molecular weight excluding hydrogens is 336 g/mol. The van der Waals surface area contributed by atoms with Crippen molar-refractivity contribution >= 4 is 29.7 Å². The molecule has 1 aliphatic heterocycles. The predicted molar refractivity (Wildman–Crippen MR) is 91.8 cm³/mol. The summed E-state index contributed by atoms with van der Waals surface area (Å²) in [5.41, 5.74) is 0.953. The van der Waals surface area contributed by atoms with Crippen LogP contribution in [0.25, 0.3) is 11.4 Å². The van der Waals surface area contributed by atoms with Crippen molar-refractivity contribution in [2.24, 2.45) is 5.92 Å². The molecule has 8 heteroatoms. The Balaban J connectivity index is 0.00000192. The number of carbonyl (C=O) groups is 1. The second kappa shape index (κ2) is 9.00. The van der Waals surface area contributed by atoms with E-state index in [0.717, 1.165) is 25.2 Å². The molecule has 0 bridgehead atoms. The number of halogens is 1. The normalized spacial score (nSPS) is 17.5. The van der Waals surface area contributed by atoms with Gasteiger partial charge in [-0.1, -0.05) is 5.16 Å². The summed E-state index contributed by atoms with van der Waals surface area (Å²) in [6.07, 6.45) is 3.23. The Hall–Kier alpha value is -1.44.